The van der Waals surface area contributed by atoms with Crippen LogP contribution in [0.1, 0.15) is 18.5 Å². The van der Waals surface area contributed by atoms with Gasteiger partial charge < -0.3 is 9.74 Å². The quantitative estimate of drug-likeness (QED) is 0.625. The molecule has 0 fully saturated rings. The van der Waals surface area contributed by atoms with Crippen molar-refractivity contribution in [1.29, 1.82) is 0 Å². The van der Waals surface area contributed by atoms with E-state index in [4.69, 9.17) is 6.57 Å². The molecule has 13 heavy (non-hydrogen) atoms. The van der Waals surface area contributed by atoms with Gasteiger partial charge in [0, 0.05) is 32.3 Å². The summed E-state index contributed by atoms with van der Waals surface area (Å²) in [5.74, 6) is 0. The van der Waals surface area contributed by atoms with E-state index in [-0.39, 0.29) is 6.04 Å². The minimum absolute atomic E-state index is 0.0418. The van der Waals surface area contributed by atoms with Crippen LogP contribution in [0, 0.1) is 6.57 Å². The Morgan fingerprint density at radius 3 is 2.62 bits per heavy atom. The standard InChI is InChI=1S/C11H14N2/c1-9(12-2)10-6-5-7-11(8-10)13(3)4/h5-9H,1,3-4H3. The van der Waals surface area contributed by atoms with Gasteiger partial charge in [0.15, 0.2) is 0 Å². The van der Waals surface area contributed by atoms with Crippen LogP contribution >= 0.6 is 0 Å². The Bertz CT molecular complexity index is 323. The van der Waals surface area contributed by atoms with E-state index in [1.54, 1.807) is 0 Å². The van der Waals surface area contributed by atoms with Crippen LogP contribution in [0.15, 0.2) is 24.3 Å². The lowest BCUT2D eigenvalue weighted by atomic mass is 10.1. The van der Waals surface area contributed by atoms with Gasteiger partial charge in [-0.1, -0.05) is 12.1 Å². The fourth-order valence-corrected chi connectivity index (χ4v) is 1.14. The van der Waals surface area contributed by atoms with Gasteiger partial charge in [-0.25, -0.2) is 6.57 Å². The van der Waals surface area contributed by atoms with Crippen LogP contribution in [-0.4, -0.2) is 14.1 Å². The molecule has 0 aromatic heterocycles. The van der Waals surface area contributed by atoms with Crippen LogP contribution < -0.4 is 4.90 Å². The van der Waals surface area contributed by atoms with E-state index >= 15 is 0 Å². The highest BCUT2D eigenvalue weighted by Gasteiger charge is 2.08. The highest BCUT2D eigenvalue weighted by Crippen LogP contribution is 2.21. The molecular formula is C11H14N2. The van der Waals surface area contributed by atoms with E-state index in [2.05, 4.69) is 10.9 Å². The normalized spacial score (nSPS) is 11.8. The Balaban J connectivity index is 3.00. The van der Waals surface area contributed by atoms with Gasteiger partial charge in [-0.05, 0) is 12.1 Å². The molecule has 2 heteroatoms. The molecule has 68 valence electrons. The zero-order valence-corrected chi connectivity index (χ0v) is 8.28. The van der Waals surface area contributed by atoms with Crippen LogP contribution in [0.4, 0.5) is 5.69 Å². The monoisotopic (exact) mass is 174 g/mol. The van der Waals surface area contributed by atoms with E-state index in [1.807, 2.05) is 44.1 Å². The lowest BCUT2D eigenvalue weighted by Crippen LogP contribution is -2.08. The van der Waals surface area contributed by atoms with Crippen molar-refractivity contribution in [3.05, 3.63) is 41.2 Å². The number of anilines is 1. The van der Waals surface area contributed by atoms with Gasteiger partial charge in [-0.15, -0.1) is 0 Å². The molecule has 0 aliphatic rings. The van der Waals surface area contributed by atoms with Crippen molar-refractivity contribution in [1.82, 2.24) is 0 Å². The minimum Gasteiger partial charge on any atom is -0.378 e. The summed E-state index contributed by atoms with van der Waals surface area (Å²) in [6.07, 6.45) is 0. The molecule has 0 amide bonds. The van der Waals surface area contributed by atoms with Gasteiger partial charge in [-0.2, -0.15) is 0 Å². The number of nitrogens with zero attached hydrogens (tertiary/aromatic N) is 2. The summed E-state index contributed by atoms with van der Waals surface area (Å²) in [7, 11) is 4.00. The van der Waals surface area contributed by atoms with Crippen molar-refractivity contribution in [2.75, 3.05) is 19.0 Å². The molecule has 0 saturated carbocycles. The largest absolute Gasteiger partial charge is 0.378 e. The second kappa shape index (κ2) is 3.95. The molecule has 1 atom stereocenters. The van der Waals surface area contributed by atoms with Crippen LogP contribution in [0.2, 0.25) is 0 Å². The molecule has 1 aromatic rings. The van der Waals surface area contributed by atoms with E-state index in [0.717, 1.165) is 11.3 Å². The van der Waals surface area contributed by atoms with Crippen molar-refractivity contribution in [3.63, 3.8) is 0 Å². The smallest absolute Gasteiger partial charge is 0.246 e. The SMILES string of the molecule is [C-]#[N+]C(C)c1cccc(N(C)C)c1. The molecule has 0 radical (unpaired) electrons. The molecule has 0 spiro atoms. The summed E-state index contributed by atoms with van der Waals surface area (Å²) < 4.78 is 0. The first-order valence-corrected chi connectivity index (χ1v) is 4.29. The molecule has 0 N–H and O–H groups in total. The summed E-state index contributed by atoms with van der Waals surface area (Å²) in [5, 5.41) is 0. The lowest BCUT2D eigenvalue weighted by molar-refractivity contribution is 0.957. The molecule has 1 aromatic carbocycles. The van der Waals surface area contributed by atoms with Gasteiger partial charge >= 0.3 is 0 Å². The van der Waals surface area contributed by atoms with Crippen molar-refractivity contribution < 1.29 is 0 Å². The van der Waals surface area contributed by atoms with Gasteiger partial charge in [0.05, 0.1) is 0 Å². The topological polar surface area (TPSA) is 7.60 Å². The maximum atomic E-state index is 6.94. The van der Waals surface area contributed by atoms with Crippen molar-refractivity contribution in [2.45, 2.75) is 13.0 Å². The second-order valence-electron chi connectivity index (χ2n) is 3.29. The average Bonchev–Trinajstić information content (AvgIpc) is 2.17. The summed E-state index contributed by atoms with van der Waals surface area (Å²) in [6, 6.07) is 8.05. The minimum atomic E-state index is -0.0418. The fourth-order valence-electron chi connectivity index (χ4n) is 1.14. The first kappa shape index (κ1) is 9.60. The Morgan fingerprint density at radius 1 is 1.38 bits per heavy atom. The molecule has 0 saturated heterocycles. The third-order valence-corrected chi connectivity index (χ3v) is 2.06. The first-order chi connectivity index (χ1) is 6.15. The van der Waals surface area contributed by atoms with E-state index in [1.165, 1.54) is 0 Å². The number of rotatable bonds is 2. The van der Waals surface area contributed by atoms with Crippen molar-refractivity contribution >= 4 is 5.69 Å². The molecule has 0 aliphatic heterocycles. The maximum absolute atomic E-state index is 6.94. The van der Waals surface area contributed by atoms with Crippen LogP contribution in [0.5, 0.6) is 0 Å². The zero-order valence-electron chi connectivity index (χ0n) is 8.28. The molecule has 2 nitrogen and oxygen atoms in total. The Hall–Kier alpha value is -1.49. The summed E-state index contributed by atoms with van der Waals surface area (Å²) >= 11 is 0. The highest BCUT2D eigenvalue weighted by atomic mass is 15.1. The summed E-state index contributed by atoms with van der Waals surface area (Å²) in [4.78, 5) is 5.53. The molecule has 0 aliphatic carbocycles. The first-order valence-electron chi connectivity index (χ1n) is 4.29. The second-order valence-corrected chi connectivity index (χ2v) is 3.29. The number of benzene rings is 1. The van der Waals surface area contributed by atoms with Crippen molar-refractivity contribution in [2.24, 2.45) is 0 Å². The van der Waals surface area contributed by atoms with Gasteiger partial charge in [-0.3, -0.25) is 0 Å². The third kappa shape index (κ3) is 2.22. The summed E-state index contributed by atoms with van der Waals surface area (Å²) in [6.45, 7) is 8.85. The lowest BCUT2D eigenvalue weighted by Gasteiger charge is -2.13. The Morgan fingerprint density at radius 2 is 2.08 bits per heavy atom. The molecule has 0 bridgehead atoms. The van der Waals surface area contributed by atoms with E-state index in [0.29, 0.717) is 0 Å². The third-order valence-electron chi connectivity index (χ3n) is 2.06. The summed E-state index contributed by atoms with van der Waals surface area (Å²) in [5.41, 5.74) is 2.23. The van der Waals surface area contributed by atoms with Crippen LogP contribution in [-0.2, 0) is 0 Å². The van der Waals surface area contributed by atoms with Gasteiger partial charge in [0.1, 0.15) is 0 Å². The van der Waals surface area contributed by atoms with Crippen LogP contribution in [0.25, 0.3) is 4.85 Å². The molecule has 0 heterocycles. The highest BCUT2D eigenvalue weighted by molar-refractivity contribution is 5.48. The number of hydrogen-bond donors (Lipinski definition) is 0. The van der Waals surface area contributed by atoms with E-state index in [9.17, 15) is 0 Å². The average molecular weight is 174 g/mol. The predicted octanol–water partition coefficient (Wildman–Crippen LogP) is 2.73. The molecular weight excluding hydrogens is 160 g/mol. The van der Waals surface area contributed by atoms with Crippen LogP contribution in [0.3, 0.4) is 0 Å². The maximum Gasteiger partial charge on any atom is 0.246 e. The van der Waals surface area contributed by atoms with Crippen molar-refractivity contribution in [3.8, 4) is 0 Å². The van der Waals surface area contributed by atoms with Gasteiger partial charge in [0.25, 0.3) is 0 Å². The zero-order chi connectivity index (χ0) is 9.84. The fraction of sp³-hybridized carbons (Fsp3) is 0.364. The Labute approximate surface area is 79.6 Å². The van der Waals surface area contributed by atoms with E-state index < -0.39 is 0 Å². The number of hydrogen-bond acceptors (Lipinski definition) is 1. The Kier molecular flexibility index (Phi) is 2.92. The predicted molar refractivity (Wildman–Crippen MR) is 55.8 cm³/mol. The van der Waals surface area contributed by atoms with Gasteiger partial charge in [0.2, 0.25) is 6.04 Å². The molecule has 1 unspecified atom stereocenters. The molecule has 1 rings (SSSR count).